The summed E-state index contributed by atoms with van der Waals surface area (Å²) in [6.45, 7) is 3.75. The minimum absolute atomic E-state index is 0.496. The molecule has 0 amide bonds. The van der Waals surface area contributed by atoms with Crippen molar-refractivity contribution in [2.75, 3.05) is 0 Å². The molecule has 0 aromatic carbocycles. The zero-order chi connectivity index (χ0) is 12.5. The number of aromatic nitrogens is 5. The van der Waals surface area contributed by atoms with Crippen LogP contribution in [0.4, 0.5) is 0 Å². The van der Waals surface area contributed by atoms with Crippen LogP contribution in [0.2, 0.25) is 0 Å². The first-order valence-corrected chi connectivity index (χ1v) is 5.64. The van der Waals surface area contributed by atoms with Gasteiger partial charge in [-0.05, 0) is 13.3 Å². The van der Waals surface area contributed by atoms with Crippen molar-refractivity contribution in [1.29, 1.82) is 0 Å². The summed E-state index contributed by atoms with van der Waals surface area (Å²) in [5.74, 6) is 0.724. The van der Waals surface area contributed by atoms with Crippen LogP contribution in [0.3, 0.4) is 0 Å². The Bertz CT molecular complexity index is 499. The van der Waals surface area contributed by atoms with E-state index in [0.717, 1.165) is 11.5 Å². The lowest BCUT2D eigenvalue weighted by atomic mass is 9.98. The van der Waals surface area contributed by atoms with Crippen molar-refractivity contribution >= 4 is 0 Å². The van der Waals surface area contributed by atoms with Crippen LogP contribution in [-0.2, 0) is 13.5 Å². The summed E-state index contributed by atoms with van der Waals surface area (Å²) < 4.78 is 3.32. The van der Waals surface area contributed by atoms with Crippen molar-refractivity contribution in [3.05, 3.63) is 24.2 Å². The molecule has 92 valence electrons. The SMILES string of the molecule is CCC(C)(O)Cc1cn(-c2ccn(C)n2)nn1. The van der Waals surface area contributed by atoms with Crippen LogP contribution < -0.4 is 0 Å². The second-order valence-electron chi connectivity index (χ2n) is 4.53. The highest BCUT2D eigenvalue weighted by atomic mass is 16.3. The van der Waals surface area contributed by atoms with E-state index in [2.05, 4.69) is 15.4 Å². The Labute approximate surface area is 99.9 Å². The van der Waals surface area contributed by atoms with Crippen molar-refractivity contribution in [3.8, 4) is 5.82 Å². The molecule has 17 heavy (non-hydrogen) atoms. The van der Waals surface area contributed by atoms with E-state index < -0.39 is 5.60 Å². The molecule has 0 fully saturated rings. The van der Waals surface area contributed by atoms with Gasteiger partial charge in [-0.1, -0.05) is 12.1 Å². The van der Waals surface area contributed by atoms with Crippen LogP contribution in [0, 0.1) is 0 Å². The zero-order valence-corrected chi connectivity index (χ0v) is 10.3. The molecule has 2 aromatic rings. The molecule has 0 saturated carbocycles. The van der Waals surface area contributed by atoms with Gasteiger partial charge in [0.1, 0.15) is 0 Å². The average Bonchev–Trinajstić information content (AvgIpc) is 2.86. The zero-order valence-electron chi connectivity index (χ0n) is 10.3. The standard InChI is InChI=1S/C11H17N5O/c1-4-11(2,17)7-9-8-16(14-12-9)10-5-6-15(3)13-10/h5-6,8,17H,4,7H2,1-3H3. The van der Waals surface area contributed by atoms with Crippen LogP contribution in [0.15, 0.2) is 18.5 Å². The number of hydrogen-bond acceptors (Lipinski definition) is 4. The summed E-state index contributed by atoms with van der Waals surface area (Å²) in [6, 6.07) is 1.86. The largest absolute Gasteiger partial charge is 0.390 e. The quantitative estimate of drug-likeness (QED) is 0.847. The second kappa shape index (κ2) is 4.29. The molecular formula is C11H17N5O. The Morgan fingerprint density at radius 3 is 2.82 bits per heavy atom. The van der Waals surface area contributed by atoms with E-state index >= 15 is 0 Å². The Balaban J connectivity index is 2.16. The summed E-state index contributed by atoms with van der Waals surface area (Å²) in [7, 11) is 1.85. The Kier molecular flexibility index (Phi) is 2.97. The maximum absolute atomic E-state index is 9.96. The van der Waals surface area contributed by atoms with Crippen LogP contribution in [0.25, 0.3) is 5.82 Å². The van der Waals surface area contributed by atoms with Gasteiger partial charge in [0, 0.05) is 25.7 Å². The summed E-state index contributed by atoms with van der Waals surface area (Å²) in [5, 5.41) is 22.2. The van der Waals surface area contributed by atoms with E-state index in [4.69, 9.17) is 0 Å². The van der Waals surface area contributed by atoms with Gasteiger partial charge in [0.25, 0.3) is 0 Å². The normalized spacial score (nSPS) is 14.8. The molecule has 0 aliphatic rings. The number of hydrogen-bond donors (Lipinski definition) is 1. The molecule has 2 heterocycles. The predicted octanol–water partition coefficient (Wildman–Crippen LogP) is 0.704. The molecule has 2 rings (SSSR count). The molecule has 0 radical (unpaired) electrons. The molecule has 1 N–H and O–H groups in total. The molecule has 2 aromatic heterocycles. The number of nitrogens with zero attached hydrogens (tertiary/aromatic N) is 5. The fraction of sp³-hybridized carbons (Fsp3) is 0.545. The van der Waals surface area contributed by atoms with Crippen LogP contribution in [-0.4, -0.2) is 35.5 Å². The highest BCUT2D eigenvalue weighted by Gasteiger charge is 2.20. The first kappa shape index (κ1) is 11.8. The third kappa shape index (κ3) is 2.71. The van der Waals surface area contributed by atoms with Gasteiger partial charge >= 0.3 is 0 Å². The summed E-state index contributed by atoms with van der Waals surface area (Å²) in [6.07, 6.45) is 4.82. The average molecular weight is 235 g/mol. The fourth-order valence-electron chi connectivity index (χ4n) is 1.53. The van der Waals surface area contributed by atoms with Crippen molar-refractivity contribution in [2.45, 2.75) is 32.3 Å². The molecule has 0 aliphatic carbocycles. The molecule has 0 aliphatic heterocycles. The highest BCUT2D eigenvalue weighted by Crippen LogP contribution is 2.15. The van der Waals surface area contributed by atoms with E-state index in [1.807, 2.05) is 26.2 Å². The molecule has 0 bridgehead atoms. The van der Waals surface area contributed by atoms with Gasteiger partial charge in [-0.2, -0.15) is 5.10 Å². The monoisotopic (exact) mass is 235 g/mol. The molecule has 0 spiro atoms. The van der Waals surface area contributed by atoms with Gasteiger partial charge < -0.3 is 5.11 Å². The van der Waals surface area contributed by atoms with Crippen LogP contribution in [0.5, 0.6) is 0 Å². The molecular weight excluding hydrogens is 218 g/mol. The molecule has 6 nitrogen and oxygen atoms in total. The van der Waals surface area contributed by atoms with Crippen molar-refractivity contribution < 1.29 is 5.11 Å². The number of aryl methyl sites for hydroxylation is 1. The fourth-order valence-corrected chi connectivity index (χ4v) is 1.53. The predicted molar refractivity (Wildman–Crippen MR) is 62.7 cm³/mol. The first-order chi connectivity index (χ1) is 8.00. The Hall–Kier alpha value is -1.69. The Morgan fingerprint density at radius 2 is 2.24 bits per heavy atom. The molecule has 6 heteroatoms. The van der Waals surface area contributed by atoms with Gasteiger partial charge in [-0.25, -0.2) is 4.68 Å². The van der Waals surface area contributed by atoms with Gasteiger partial charge in [0.15, 0.2) is 5.82 Å². The minimum Gasteiger partial charge on any atom is -0.390 e. The minimum atomic E-state index is -0.731. The first-order valence-electron chi connectivity index (χ1n) is 5.64. The van der Waals surface area contributed by atoms with Gasteiger partial charge in [-0.3, -0.25) is 4.68 Å². The smallest absolute Gasteiger partial charge is 0.176 e. The van der Waals surface area contributed by atoms with E-state index in [9.17, 15) is 5.11 Å². The highest BCUT2D eigenvalue weighted by molar-refractivity contribution is 5.18. The van der Waals surface area contributed by atoms with E-state index in [1.54, 1.807) is 22.5 Å². The number of aliphatic hydroxyl groups is 1. The van der Waals surface area contributed by atoms with Crippen LogP contribution >= 0.6 is 0 Å². The third-order valence-electron chi connectivity index (χ3n) is 2.80. The lowest BCUT2D eigenvalue weighted by molar-refractivity contribution is 0.0554. The van der Waals surface area contributed by atoms with Crippen molar-refractivity contribution in [1.82, 2.24) is 24.8 Å². The van der Waals surface area contributed by atoms with Crippen LogP contribution in [0.1, 0.15) is 26.0 Å². The van der Waals surface area contributed by atoms with Gasteiger partial charge in [-0.15, -0.1) is 5.10 Å². The maximum Gasteiger partial charge on any atom is 0.176 e. The summed E-state index contributed by atoms with van der Waals surface area (Å²) in [5.41, 5.74) is 0.0350. The van der Waals surface area contributed by atoms with Gasteiger partial charge in [0.05, 0.1) is 17.5 Å². The number of rotatable bonds is 4. The molecule has 1 unspecified atom stereocenters. The Morgan fingerprint density at radius 1 is 1.47 bits per heavy atom. The molecule has 0 saturated heterocycles. The summed E-state index contributed by atoms with van der Waals surface area (Å²) >= 11 is 0. The third-order valence-corrected chi connectivity index (χ3v) is 2.80. The lowest BCUT2D eigenvalue weighted by Gasteiger charge is -2.18. The maximum atomic E-state index is 9.96. The van der Waals surface area contributed by atoms with E-state index in [0.29, 0.717) is 12.8 Å². The van der Waals surface area contributed by atoms with E-state index in [1.165, 1.54) is 0 Å². The summed E-state index contributed by atoms with van der Waals surface area (Å²) in [4.78, 5) is 0. The van der Waals surface area contributed by atoms with Gasteiger partial charge in [0.2, 0.25) is 0 Å². The topological polar surface area (TPSA) is 68.8 Å². The molecule has 1 atom stereocenters. The van der Waals surface area contributed by atoms with E-state index in [-0.39, 0.29) is 0 Å². The van der Waals surface area contributed by atoms with Crippen molar-refractivity contribution in [3.63, 3.8) is 0 Å². The van der Waals surface area contributed by atoms with Crippen molar-refractivity contribution in [2.24, 2.45) is 7.05 Å². The second-order valence-corrected chi connectivity index (χ2v) is 4.53. The lowest BCUT2D eigenvalue weighted by Crippen LogP contribution is -2.25.